The van der Waals surface area contributed by atoms with E-state index in [1.807, 2.05) is 0 Å². The Morgan fingerprint density at radius 2 is 0.775 bits per heavy atom. The summed E-state index contributed by atoms with van der Waals surface area (Å²) >= 11 is 0. The van der Waals surface area contributed by atoms with E-state index in [1.54, 1.807) is 0 Å². The second kappa shape index (κ2) is 15.0. The summed E-state index contributed by atoms with van der Waals surface area (Å²) in [5.41, 5.74) is 0. The van der Waals surface area contributed by atoms with Gasteiger partial charge in [-0.25, -0.2) is 0 Å². The van der Waals surface area contributed by atoms with Crippen LogP contribution in [0.1, 0.15) is 54.4 Å². The molecule has 0 spiro atoms. The van der Waals surface area contributed by atoms with Crippen LogP contribution in [0.2, 0.25) is 107 Å². The molecular formula is C27H70O6Si7. The molecule has 0 aliphatic heterocycles. The molecule has 0 aromatic heterocycles. The molecule has 0 amide bonds. The van der Waals surface area contributed by atoms with Crippen LogP contribution in [0.5, 0.6) is 0 Å². The molecule has 0 aliphatic carbocycles. The standard InChI is InChI=1S/C27H70O6Si7/c1-26(2,3)37(12,13)28-22-20-24-35(8,9)32-39(16,17)30-34(7)31-40(18,19)33-36(10,11)25-21-23-29-38(14,15)27(4,5)6/h34H,20-25H2,1-19H3. The molecular weight excluding hydrogens is 617 g/mol. The summed E-state index contributed by atoms with van der Waals surface area (Å²) in [6.07, 6.45) is 2.10. The van der Waals surface area contributed by atoms with Gasteiger partial charge in [-0.15, -0.1) is 0 Å². The van der Waals surface area contributed by atoms with Crippen molar-refractivity contribution in [1.82, 2.24) is 0 Å². The third-order valence-corrected chi connectivity index (χ3v) is 36.1. The lowest BCUT2D eigenvalue weighted by molar-refractivity contribution is 0.282. The van der Waals surface area contributed by atoms with Gasteiger partial charge in [-0.05, 0) is 120 Å². The summed E-state index contributed by atoms with van der Waals surface area (Å²) in [5.74, 6) is 0. The molecule has 0 saturated heterocycles. The highest BCUT2D eigenvalue weighted by atomic mass is 28.5. The van der Waals surface area contributed by atoms with Gasteiger partial charge in [0.2, 0.25) is 0 Å². The minimum atomic E-state index is -2.31. The van der Waals surface area contributed by atoms with Crippen LogP contribution in [0.15, 0.2) is 0 Å². The van der Waals surface area contributed by atoms with E-state index in [0.29, 0.717) is 0 Å². The van der Waals surface area contributed by atoms with Crippen molar-refractivity contribution in [1.29, 1.82) is 0 Å². The van der Waals surface area contributed by atoms with E-state index in [0.717, 1.165) is 38.1 Å². The second-order valence-corrected chi connectivity index (χ2v) is 44.7. The summed E-state index contributed by atoms with van der Waals surface area (Å²) in [6.45, 7) is 44.8. The van der Waals surface area contributed by atoms with E-state index in [4.69, 9.17) is 25.3 Å². The van der Waals surface area contributed by atoms with Gasteiger partial charge in [-0.1, -0.05) is 41.5 Å². The van der Waals surface area contributed by atoms with Crippen molar-refractivity contribution in [3.05, 3.63) is 0 Å². The summed E-state index contributed by atoms with van der Waals surface area (Å²) in [4.78, 5) is 0. The van der Waals surface area contributed by atoms with Gasteiger partial charge in [0.15, 0.2) is 33.3 Å². The van der Waals surface area contributed by atoms with Crippen LogP contribution in [-0.4, -0.2) is 72.9 Å². The Morgan fingerprint density at radius 1 is 0.500 bits per heavy atom. The number of rotatable bonds is 18. The average Bonchev–Trinajstić information content (AvgIpc) is 2.64. The Hall–Kier alpha value is 1.28. The minimum Gasteiger partial charge on any atom is -0.436 e. The van der Waals surface area contributed by atoms with Crippen molar-refractivity contribution in [2.24, 2.45) is 0 Å². The Kier molecular flexibility index (Phi) is 15.5. The summed E-state index contributed by atoms with van der Waals surface area (Å²) in [7, 11) is -13.7. The molecule has 0 bridgehead atoms. The van der Waals surface area contributed by atoms with Crippen LogP contribution in [0, 0.1) is 0 Å². The molecule has 0 aromatic carbocycles. The monoisotopic (exact) mass is 686 g/mol. The van der Waals surface area contributed by atoms with Gasteiger partial charge < -0.3 is 25.3 Å². The zero-order chi connectivity index (χ0) is 32.1. The fourth-order valence-corrected chi connectivity index (χ4v) is 28.3. The predicted octanol–water partition coefficient (Wildman–Crippen LogP) is 9.54. The lowest BCUT2D eigenvalue weighted by Crippen LogP contribution is -2.53. The molecule has 242 valence electrons. The zero-order valence-electron chi connectivity index (χ0n) is 30.3. The van der Waals surface area contributed by atoms with Crippen molar-refractivity contribution in [3.63, 3.8) is 0 Å². The van der Waals surface area contributed by atoms with Crippen LogP contribution >= 0.6 is 0 Å². The second-order valence-electron chi connectivity index (χ2n) is 16.8. The quantitative estimate of drug-likeness (QED) is 0.106. The van der Waals surface area contributed by atoms with Crippen molar-refractivity contribution < 1.29 is 25.3 Å². The minimum absolute atomic E-state index is 0.248. The fourth-order valence-electron chi connectivity index (χ4n) is 4.39. The predicted molar refractivity (Wildman–Crippen MR) is 192 cm³/mol. The van der Waals surface area contributed by atoms with Gasteiger partial charge in [0, 0.05) is 13.2 Å². The Balaban J connectivity index is 4.77. The Labute approximate surface area is 258 Å². The van der Waals surface area contributed by atoms with Gasteiger partial charge in [0.1, 0.15) is 0 Å². The molecule has 0 radical (unpaired) electrons. The maximum absolute atomic E-state index is 6.77. The molecule has 0 aromatic rings. The maximum Gasteiger partial charge on any atom is 0.312 e. The molecule has 0 atom stereocenters. The van der Waals surface area contributed by atoms with E-state index in [9.17, 15) is 0 Å². The first kappa shape index (κ1) is 41.3. The molecule has 0 fully saturated rings. The van der Waals surface area contributed by atoms with Gasteiger partial charge in [-0.3, -0.25) is 0 Å². The van der Waals surface area contributed by atoms with E-state index in [-0.39, 0.29) is 10.1 Å². The average molecular weight is 687 g/mol. The van der Waals surface area contributed by atoms with Crippen LogP contribution in [0.25, 0.3) is 0 Å². The van der Waals surface area contributed by atoms with Crippen LogP contribution in [0.3, 0.4) is 0 Å². The molecule has 0 unspecified atom stereocenters. The zero-order valence-corrected chi connectivity index (χ0v) is 37.4. The smallest absolute Gasteiger partial charge is 0.312 e. The first-order valence-corrected chi connectivity index (χ1v) is 35.2. The van der Waals surface area contributed by atoms with E-state index < -0.39 is 59.7 Å². The first-order chi connectivity index (χ1) is 17.4. The highest BCUT2D eigenvalue weighted by Crippen LogP contribution is 2.37. The van der Waals surface area contributed by atoms with Crippen molar-refractivity contribution in [2.45, 2.75) is 162 Å². The largest absolute Gasteiger partial charge is 0.436 e. The molecule has 13 heteroatoms. The van der Waals surface area contributed by atoms with E-state index in [2.05, 4.69) is 127 Å². The number of hydrogen-bond acceptors (Lipinski definition) is 6. The van der Waals surface area contributed by atoms with E-state index >= 15 is 0 Å². The van der Waals surface area contributed by atoms with Crippen molar-refractivity contribution in [2.75, 3.05) is 13.2 Å². The Morgan fingerprint density at radius 3 is 1.02 bits per heavy atom. The summed E-state index contributed by atoms with van der Waals surface area (Å²) in [5, 5.41) is 0.495. The van der Waals surface area contributed by atoms with Gasteiger partial charge in [-0.2, -0.15) is 0 Å². The molecule has 40 heavy (non-hydrogen) atoms. The van der Waals surface area contributed by atoms with Gasteiger partial charge in [0.05, 0.1) is 0 Å². The molecule has 0 heterocycles. The van der Waals surface area contributed by atoms with Crippen LogP contribution in [-0.2, 0) is 25.3 Å². The fraction of sp³-hybridized carbons (Fsp3) is 1.00. The molecule has 0 saturated carbocycles. The highest BCUT2D eigenvalue weighted by Gasteiger charge is 2.41. The lowest BCUT2D eigenvalue weighted by Gasteiger charge is -2.39. The lowest BCUT2D eigenvalue weighted by atomic mass is 10.2. The van der Waals surface area contributed by atoms with Crippen molar-refractivity contribution in [3.8, 4) is 0 Å². The third kappa shape index (κ3) is 16.4. The SMILES string of the molecule is C[SiH](O[Si](C)(C)O[Si](C)(C)CCCO[Si](C)(C)C(C)(C)C)O[Si](C)(C)O[Si](C)(C)CCCO[Si](C)(C)C(C)(C)C. The van der Waals surface area contributed by atoms with Crippen molar-refractivity contribution >= 4 is 59.7 Å². The summed E-state index contributed by atoms with van der Waals surface area (Å²) < 4.78 is 39.5. The van der Waals surface area contributed by atoms with Gasteiger partial charge in [0.25, 0.3) is 0 Å². The van der Waals surface area contributed by atoms with Crippen LogP contribution in [0.4, 0.5) is 0 Å². The van der Waals surface area contributed by atoms with Crippen LogP contribution < -0.4 is 0 Å². The van der Waals surface area contributed by atoms with E-state index in [1.165, 1.54) is 0 Å². The normalized spacial score (nSPS) is 15.3. The molecule has 0 N–H and O–H groups in total. The third-order valence-electron chi connectivity index (χ3n) is 8.33. The Bertz CT molecular complexity index is 697. The number of hydrogen-bond donors (Lipinski definition) is 0. The molecule has 0 aliphatic rings. The van der Waals surface area contributed by atoms with Gasteiger partial charge >= 0.3 is 26.4 Å². The maximum atomic E-state index is 6.77. The topological polar surface area (TPSA) is 55.4 Å². The highest BCUT2D eigenvalue weighted by molar-refractivity contribution is 6.87. The molecule has 6 nitrogen and oxygen atoms in total. The summed E-state index contributed by atoms with van der Waals surface area (Å²) in [6, 6.07) is 2.17. The first-order valence-electron chi connectivity index (χ1n) is 15.5. The molecule has 0 rings (SSSR count).